The van der Waals surface area contributed by atoms with Crippen LogP contribution in [0.5, 0.6) is 0 Å². The molecule has 6 nitrogen and oxygen atoms in total. The Morgan fingerprint density at radius 1 is 1.03 bits per heavy atom. The van der Waals surface area contributed by atoms with Gasteiger partial charge >= 0.3 is 6.03 Å². The minimum absolute atomic E-state index is 0.144. The first-order valence-electron chi connectivity index (χ1n) is 11.4. The topological polar surface area (TPSA) is 67.2 Å². The summed E-state index contributed by atoms with van der Waals surface area (Å²) in [6.07, 6.45) is 1.37. The first-order valence-corrected chi connectivity index (χ1v) is 12.2. The summed E-state index contributed by atoms with van der Waals surface area (Å²) in [6.45, 7) is 4.57. The molecule has 2 amide bonds. The van der Waals surface area contributed by atoms with Gasteiger partial charge < -0.3 is 10.2 Å². The second-order valence-corrected chi connectivity index (χ2v) is 8.94. The highest BCUT2D eigenvalue weighted by Crippen LogP contribution is 2.27. The average Bonchev–Trinajstić information content (AvgIpc) is 2.84. The molecule has 0 spiro atoms. The molecule has 0 saturated heterocycles. The zero-order valence-electron chi connectivity index (χ0n) is 19.2. The minimum atomic E-state index is -0.399. The number of carbonyl (C=O) groups excluding carboxylic acids is 1. The van der Waals surface area contributed by atoms with E-state index < -0.39 is 6.04 Å². The number of benzene rings is 3. The molecule has 3 aromatic carbocycles. The lowest BCUT2D eigenvalue weighted by Crippen LogP contribution is -2.41. The molecular weight excluding hydrogens is 492 g/mol. The van der Waals surface area contributed by atoms with Gasteiger partial charge in [0.05, 0.1) is 22.6 Å². The zero-order valence-corrected chi connectivity index (χ0v) is 20.8. The third kappa shape index (κ3) is 4.89. The Balaban J connectivity index is 1.85. The van der Waals surface area contributed by atoms with E-state index in [1.54, 1.807) is 15.5 Å². The van der Waals surface area contributed by atoms with Gasteiger partial charge in [0.1, 0.15) is 5.82 Å². The van der Waals surface area contributed by atoms with Crippen molar-refractivity contribution < 1.29 is 4.79 Å². The smallest absolute Gasteiger partial charge is 0.314 e. The molecule has 7 heteroatoms. The Labute approximate surface area is 207 Å². The summed E-state index contributed by atoms with van der Waals surface area (Å²) < 4.78 is 2.53. The van der Waals surface area contributed by atoms with Gasteiger partial charge in [0, 0.05) is 16.7 Å². The van der Waals surface area contributed by atoms with Crippen LogP contribution in [0.15, 0.2) is 88.1 Å². The van der Waals surface area contributed by atoms with Crippen LogP contribution < -0.4 is 10.9 Å². The number of urea groups is 1. The van der Waals surface area contributed by atoms with Crippen molar-refractivity contribution in [3.63, 3.8) is 0 Å². The molecule has 1 N–H and O–H groups in total. The second-order valence-electron chi connectivity index (χ2n) is 8.02. The van der Waals surface area contributed by atoms with E-state index in [9.17, 15) is 9.59 Å². The highest BCUT2D eigenvalue weighted by molar-refractivity contribution is 9.10. The fourth-order valence-corrected chi connectivity index (χ4v) is 4.54. The van der Waals surface area contributed by atoms with E-state index in [0.717, 1.165) is 16.6 Å². The molecule has 0 radical (unpaired) electrons. The lowest BCUT2D eigenvalue weighted by molar-refractivity contribution is 0.181. The summed E-state index contributed by atoms with van der Waals surface area (Å²) in [6, 6.07) is 23.7. The minimum Gasteiger partial charge on any atom is -0.314 e. The van der Waals surface area contributed by atoms with Crippen LogP contribution in [0, 0.1) is 0 Å². The summed E-state index contributed by atoms with van der Waals surface area (Å²) in [5, 5.41) is 3.55. The number of hydrogen-bond donors (Lipinski definition) is 1. The molecule has 0 aliphatic heterocycles. The molecule has 4 aromatic rings. The number of hydrogen-bond acceptors (Lipinski definition) is 3. The molecule has 0 bridgehead atoms. The number of nitrogens with one attached hydrogen (secondary N) is 1. The van der Waals surface area contributed by atoms with Crippen LogP contribution >= 0.6 is 15.9 Å². The highest BCUT2D eigenvalue weighted by atomic mass is 79.9. The van der Waals surface area contributed by atoms with Crippen molar-refractivity contribution in [1.29, 1.82) is 0 Å². The van der Waals surface area contributed by atoms with Gasteiger partial charge in [0.2, 0.25) is 0 Å². The van der Waals surface area contributed by atoms with E-state index in [-0.39, 0.29) is 11.6 Å². The number of carbonyl (C=O) groups is 1. The van der Waals surface area contributed by atoms with E-state index in [0.29, 0.717) is 35.4 Å². The third-order valence-electron chi connectivity index (χ3n) is 5.68. The van der Waals surface area contributed by atoms with Crippen LogP contribution in [0.4, 0.5) is 10.5 Å². The Morgan fingerprint density at radius 3 is 2.47 bits per heavy atom. The number of amides is 2. The molecule has 0 saturated carbocycles. The van der Waals surface area contributed by atoms with Crippen LogP contribution in [-0.2, 0) is 0 Å². The zero-order chi connectivity index (χ0) is 24.1. The van der Waals surface area contributed by atoms with Crippen molar-refractivity contribution in [3.05, 3.63) is 99.5 Å². The number of halogens is 1. The molecule has 1 aromatic heterocycles. The van der Waals surface area contributed by atoms with Gasteiger partial charge in [-0.25, -0.2) is 9.78 Å². The Kier molecular flexibility index (Phi) is 7.43. The fraction of sp³-hybridized carbons (Fsp3) is 0.222. The maximum absolute atomic E-state index is 13.6. The predicted molar refractivity (Wildman–Crippen MR) is 141 cm³/mol. The predicted octanol–water partition coefficient (Wildman–Crippen LogP) is 6.54. The van der Waals surface area contributed by atoms with E-state index in [1.807, 2.05) is 86.6 Å². The Hall–Kier alpha value is -3.45. The van der Waals surface area contributed by atoms with Crippen LogP contribution in [-0.4, -0.2) is 27.0 Å². The lowest BCUT2D eigenvalue weighted by Gasteiger charge is -2.32. The SMILES string of the molecule is CCCN(C(=O)Nc1cccc(Br)c1)C(CC)c1nc2ccccc2c(=O)n1-c1ccccc1. The maximum atomic E-state index is 13.6. The molecule has 174 valence electrons. The van der Waals surface area contributed by atoms with Gasteiger partial charge in [0.15, 0.2) is 0 Å². The van der Waals surface area contributed by atoms with Crippen molar-refractivity contribution in [2.45, 2.75) is 32.7 Å². The van der Waals surface area contributed by atoms with Gasteiger partial charge in [-0.3, -0.25) is 9.36 Å². The molecule has 34 heavy (non-hydrogen) atoms. The van der Waals surface area contributed by atoms with Crippen molar-refractivity contribution in [2.24, 2.45) is 0 Å². The van der Waals surface area contributed by atoms with Crippen molar-refractivity contribution in [3.8, 4) is 5.69 Å². The monoisotopic (exact) mass is 518 g/mol. The first kappa shape index (κ1) is 23.7. The normalized spacial score (nSPS) is 11.9. The standard InChI is InChI=1S/C27H27BrN4O2/c1-3-17-31(27(34)29-20-12-10-11-19(28)18-20)24(4-2)25-30-23-16-9-8-15-22(23)26(33)32(25)21-13-6-5-7-14-21/h5-16,18,24H,3-4,17H2,1-2H3,(H,29,34). The number of para-hydroxylation sites is 2. The number of nitrogens with zero attached hydrogens (tertiary/aromatic N) is 3. The van der Waals surface area contributed by atoms with Crippen LogP contribution in [0.1, 0.15) is 38.6 Å². The largest absolute Gasteiger partial charge is 0.322 e. The molecular formula is C27H27BrN4O2. The van der Waals surface area contributed by atoms with Crippen LogP contribution in [0.2, 0.25) is 0 Å². The number of anilines is 1. The van der Waals surface area contributed by atoms with Crippen molar-refractivity contribution in [2.75, 3.05) is 11.9 Å². The third-order valence-corrected chi connectivity index (χ3v) is 6.17. The molecule has 1 atom stereocenters. The molecule has 0 aliphatic carbocycles. The van der Waals surface area contributed by atoms with Gasteiger partial charge in [-0.05, 0) is 55.3 Å². The second kappa shape index (κ2) is 10.7. The van der Waals surface area contributed by atoms with Crippen molar-refractivity contribution in [1.82, 2.24) is 14.5 Å². The van der Waals surface area contributed by atoms with Gasteiger partial charge in [-0.15, -0.1) is 0 Å². The van der Waals surface area contributed by atoms with Gasteiger partial charge in [-0.1, -0.05) is 66.2 Å². The van der Waals surface area contributed by atoms with Crippen LogP contribution in [0.25, 0.3) is 16.6 Å². The Bertz CT molecular complexity index is 1350. The number of rotatable bonds is 7. The summed E-state index contributed by atoms with van der Waals surface area (Å²) in [5.41, 5.74) is 1.90. The highest BCUT2D eigenvalue weighted by Gasteiger charge is 2.28. The van der Waals surface area contributed by atoms with Crippen molar-refractivity contribution >= 4 is 38.6 Å². The molecule has 0 fully saturated rings. The summed E-state index contributed by atoms with van der Waals surface area (Å²) >= 11 is 3.45. The lowest BCUT2D eigenvalue weighted by atomic mass is 10.1. The Morgan fingerprint density at radius 2 is 1.76 bits per heavy atom. The average molecular weight is 519 g/mol. The van der Waals surface area contributed by atoms with E-state index >= 15 is 0 Å². The molecule has 0 aliphatic rings. The fourth-order valence-electron chi connectivity index (χ4n) is 4.14. The van der Waals surface area contributed by atoms with Crippen LogP contribution in [0.3, 0.4) is 0 Å². The maximum Gasteiger partial charge on any atom is 0.322 e. The molecule has 4 rings (SSSR count). The quantitative estimate of drug-likeness (QED) is 0.301. The summed E-state index contributed by atoms with van der Waals surface area (Å²) in [7, 11) is 0. The van der Waals surface area contributed by atoms with E-state index in [2.05, 4.69) is 21.2 Å². The van der Waals surface area contributed by atoms with Gasteiger partial charge in [-0.2, -0.15) is 0 Å². The molecule has 1 unspecified atom stereocenters. The molecule has 1 heterocycles. The van der Waals surface area contributed by atoms with E-state index in [4.69, 9.17) is 4.98 Å². The number of fused-ring (bicyclic) bond motifs is 1. The van der Waals surface area contributed by atoms with Gasteiger partial charge in [0.25, 0.3) is 5.56 Å². The van der Waals surface area contributed by atoms with E-state index in [1.165, 1.54) is 0 Å². The number of aromatic nitrogens is 2. The summed E-state index contributed by atoms with van der Waals surface area (Å²) in [5.74, 6) is 0.551. The first-order chi connectivity index (χ1) is 16.5. The summed E-state index contributed by atoms with van der Waals surface area (Å²) in [4.78, 5) is 33.8.